The van der Waals surface area contributed by atoms with Crippen molar-refractivity contribution < 1.29 is 9.59 Å². The van der Waals surface area contributed by atoms with Gasteiger partial charge in [0.2, 0.25) is 11.8 Å². The Morgan fingerprint density at radius 3 is 1.68 bits per heavy atom. The van der Waals surface area contributed by atoms with Crippen molar-refractivity contribution in [3.8, 4) is 0 Å². The van der Waals surface area contributed by atoms with Gasteiger partial charge < -0.3 is 16.0 Å². The molecule has 0 bridgehead atoms. The number of rotatable bonds is 8. The highest BCUT2D eigenvalue weighted by Crippen LogP contribution is 2.08. The average molecular weight is 271 g/mol. The Morgan fingerprint density at radius 1 is 0.842 bits per heavy atom. The highest BCUT2D eigenvalue weighted by molar-refractivity contribution is 5.89. The fourth-order valence-corrected chi connectivity index (χ4v) is 1.98. The van der Waals surface area contributed by atoms with Crippen molar-refractivity contribution >= 4 is 11.8 Å². The maximum absolute atomic E-state index is 12.2. The average Bonchev–Trinajstić information content (AvgIpc) is 2.33. The molecule has 5 nitrogen and oxygen atoms in total. The molecular formula is C14H29N3O2. The normalized spacial score (nSPS) is 14.3. The van der Waals surface area contributed by atoms with Gasteiger partial charge >= 0.3 is 0 Å². The number of carbonyl (C=O) groups is 2. The highest BCUT2D eigenvalue weighted by atomic mass is 16.2. The first kappa shape index (κ1) is 17.9. The molecule has 0 radical (unpaired) electrons. The largest absolute Gasteiger partial charge is 0.357 e. The van der Waals surface area contributed by atoms with Crippen LogP contribution in [-0.4, -0.2) is 38.0 Å². The Balaban J connectivity index is 4.63. The second-order valence-corrected chi connectivity index (χ2v) is 5.78. The predicted molar refractivity (Wildman–Crippen MR) is 77.8 cm³/mol. The molecule has 3 N–H and O–H groups in total. The van der Waals surface area contributed by atoms with Crippen molar-refractivity contribution in [1.82, 2.24) is 16.0 Å². The molecule has 0 saturated heterocycles. The number of hydrogen-bond donors (Lipinski definition) is 3. The molecule has 0 aromatic heterocycles. The van der Waals surface area contributed by atoms with Crippen LogP contribution in [0.2, 0.25) is 0 Å². The van der Waals surface area contributed by atoms with E-state index in [1.54, 1.807) is 14.1 Å². The standard InChI is InChI=1S/C14H29N3O2/c1-9(2)7-11(15-5)14(19)17-12(8-10(3)4)13(18)16-6/h9-12,15H,7-8H2,1-6H3,(H,16,18)(H,17,19)/t11-,12-/m0/s1. The third-order valence-electron chi connectivity index (χ3n) is 2.96. The van der Waals surface area contributed by atoms with Crippen molar-refractivity contribution in [3.63, 3.8) is 0 Å². The summed E-state index contributed by atoms with van der Waals surface area (Å²) < 4.78 is 0. The number of carbonyl (C=O) groups excluding carboxylic acids is 2. The molecule has 2 amide bonds. The zero-order chi connectivity index (χ0) is 15.0. The predicted octanol–water partition coefficient (Wildman–Crippen LogP) is 0.897. The lowest BCUT2D eigenvalue weighted by Crippen LogP contribution is -2.52. The summed E-state index contributed by atoms with van der Waals surface area (Å²) >= 11 is 0. The first-order valence-electron chi connectivity index (χ1n) is 7.01. The maximum atomic E-state index is 12.2. The molecule has 5 heteroatoms. The summed E-state index contributed by atoms with van der Waals surface area (Å²) in [5, 5.41) is 8.45. The molecule has 0 heterocycles. The lowest BCUT2D eigenvalue weighted by atomic mass is 10.0. The van der Waals surface area contributed by atoms with Crippen molar-refractivity contribution in [2.45, 2.75) is 52.6 Å². The first-order chi connectivity index (χ1) is 8.81. The second-order valence-electron chi connectivity index (χ2n) is 5.78. The van der Waals surface area contributed by atoms with E-state index in [9.17, 15) is 9.59 Å². The van der Waals surface area contributed by atoms with E-state index in [1.165, 1.54) is 0 Å². The molecule has 0 aromatic carbocycles. The summed E-state index contributed by atoms with van der Waals surface area (Å²) in [6, 6.07) is -0.708. The molecule has 2 atom stereocenters. The van der Waals surface area contributed by atoms with Crippen LogP contribution in [0.4, 0.5) is 0 Å². The number of hydrogen-bond acceptors (Lipinski definition) is 3. The van der Waals surface area contributed by atoms with Gasteiger partial charge in [0.25, 0.3) is 0 Å². The molecule has 0 aromatic rings. The van der Waals surface area contributed by atoms with Crippen LogP contribution >= 0.6 is 0 Å². The molecule has 0 unspecified atom stereocenters. The van der Waals surface area contributed by atoms with Gasteiger partial charge in [-0.25, -0.2) is 0 Å². The Hall–Kier alpha value is -1.10. The van der Waals surface area contributed by atoms with Crippen LogP contribution in [-0.2, 0) is 9.59 Å². The molecule has 0 rings (SSSR count). The summed E-state index contributed by atoms with van der Waals surface area (Å²) in [5.41, 5.74) is 0. The fraction of sp³-hybridized carbons (Fsp3) is 0.857. The molecular weight excluding hydrogens is 242 g/mol. The summed E-state index contributed by atoms with van der Waals surface area (Å²) in [5.74, 6) is 0.527. The van der Waals surface area contributed by atoms with Gasteiger partial charge in [-0.2, -0.15) is 0 Å². The van der Waals surface area contributed by atoms with Gasteiger partial charge in [0.05, 0.1) is 6.04 Å². The highest BCUT2D eigenvalue weighted by Gasteiger charge is 2.25. The molecule has 0 spiro atoms. The van der Waals surface area contributed by atoms with Crippen molar-refractivity contribution in [2.75, 3.05) is 14.1 Å². The molecule has 0 saturated carbocycles. The summed E-state index contributed by atoms with van der Waals surface area (Å²) in [6.07, 6.45) is 1.40. The van der Waals surface area contributed by atoms with Crippen molar-refractivity contribution in [1.29, 1.82) is 0 Å². The van der Waals surface area contributed by atoms with E-state index in [0.717, 1.165) is 6.42 Å². The van der Waals surface area contributed by atoms with Crippen LogP contribution in [0.25, 0.3) is 0 Å². The van der Waals surface area contributed by atoms with Crippen LogP contribution in [0.1, 0.15) is 40.5 Å². The van der Waals surface area contributed by atoms with Crippen LogP contribution < -0.4 is 16.0 Å². The Morgan fingerprint density at radius 2 is 1.32 bits per heavy atom. The maximum Gasteiger partial charge on any atom is 0.242 e. The Labute approximate surface area is 116 Å². The SMILES string of the molecule is CNC(=O)[C@H](CC(C)C)NC(=O)[C@H](CC(C)C)NC. The van der Waals surface area contributed by atoms with E-state index in [1.807, 2.05) is 13.8 Å². The first-order valence-corrected chi connectivity index (χ1v) is 7.01. The van der Waals surface area contributed by atoms with Gasteiger partial charge in [0.15, 0.2) is 0 Å². The molecule has 0 aliphatic carbocycles. The van der Waals surface area contributed by atoms with Crippen LogP contribution in [0, 0.1) is 11.8 Å². The van der Waals surface area contributed by atoms with Crippen LogP contribution in [0.15, 0.2) is 0 Å². The van der Waals surface area contributed by atoms with Gasteiger partial charge in [-0.15, -0.1) is 0 Å². The third kappa shape index (κ3) is 7.15. The number of amides is 2. The lowest BCUT2D eigenvalue weighted by molar-refractivity contribution is -0.130. The molecule has 0 fully saturated rings. The number of nitrogens with one attached hydrogen (secondary N) is 3. The minimum absolute atomic E-state index is 0.106. The molecule has 19 heavy (non-hydrogen) atoms. The van der Waals surface area contributed by atoms with Gasteiger partial charge in [0, 0.05) is 7.05 Å². The van der Waals surface area contributed by atoms with Crippen LogP contribution in [0.5, 0.6) is 0 Å². The van der Waals surface area contributed by atoms with E-state index < -0.39 is 6.04 Å². The van der Waals surface area contributed by atoms with Gasteiger partial charge in [-0.1, -0.05) is 27.7 Å². The van der Waals surface area contributed by atoms with Crippen LogP contribution in [0.3, 0.4) is 0 Å². The minimum atomic E-state index is -0.458. The summed E-state index contributed by atoms with van der Waals surface area (Å²) in [7, 11) is 3.36. The topological polar surface area (TPSA) is 70.2 Å². The van der Waals surface area contributed by atoms with E-state index >= 15 is 0 Å². The van der Waals surface area contributed by atoms with Gasteiger partial charge in [-0.05, 0) is 31.7 Å². The summed E-state index contributed by atoms with van der Waals surface area (Å²) in [4.78, 5) is 23.9. The monoisotopic (exact) mass is 271 g/mol. The van der Waals surface area contributed by atoms with Crippen molar-refractivity contribution in [2.24, 2.45) is 11.8 Å². The van der Waals surface area contributed by atoms with Crippen molar-refractivity contribution in [3.05, 3.63) is 0 Å². The van der Waals surface area contributed by atoms with E-state index in [-0.39, 0.29) is 17.9 Å². The Kier molecular flexibility index (Phi) is 8.39. The molecule has 112 valence electrons. The quantitative estimate of drug-likeness (QED) is 0.614. The smallest absolute Gasteiger partial charge is 0.242 e. The minimum Gasteiger partial charge on any atom is -0.357 e. The number of likely N-dealkylation sites (N-methyl/N-ethyl adjacent to an activating group) is 2. The molecule has 0 aliphatic rings. The molecule has 0 aliphatic heterocycles. The zero-order valence-corrected chi connectivity index (χ0v) is 13.0. The lowest BCUT2D eigenvalue weighted by Gasteiger charge is -2.23. The van der Waals surface area contributed by atoms with E-state index in [4.69, 9.17) is 0 Å². The van der Waals surface area contributed by atoms with Gasteiger partial charge in [-0.3, -0.25) is 9.59 Å². The van der Waals surface area contributed by atoms with E-state index in [0.29, 0.717) is 18.3 Å². The second kappa shape index (κ2) is 8.91. The Bertz CT molecular complexity index is 290. The fourth-order valence-electron chi connectivity index (χ4n) is 1.98. The zero-order valence-electron chi connectivity index (χ0n) is 13.0. The van der Waals surface area contributed by atoms with Gasteiger partial charge in [0.1, 0.15) is 6.04 Å². The summed E-state index contributed by atoms with van der Waals surface area (Å²) in [6.45, 7) is 8.21. The van der Waals surface area contributed by atoms with E-state index in [2.05, 4.69) is 29.8 Å². The third-order valence-corrected chi connectivity index (χ3v) is 2.96.